The van der Waals surface area contributed by atoms with Gasteiger partial charge in [0.05, 0.1) is 0 Å². The lowest BCUT2D eigenvalue weighted by Crippen LogP contribution is -2.39. The minimum atomic E-state index is -0.935. The van der Waals surface area contributed by atoms with Gasteiger partial charge in [-0.15, -0.1) is 0 Å². The van der Waals surface area contributed by atoms with Crippen molar-refractivity contribution in [1.29, 1.82) is 0 Å². The number of phenolic OH excluding ortho intramolecular Hbond substituents is 2. The standard InChI is InChI=1S/C17H25NO6/c1-4-5-16(21)23-10(2)11(3)24-17(22)13(18)8-12-6-7-14(19)15(20)9-12/h6-7,9-11,13,19-20H,4-5,8,18H2,1-3H3/t10-,11+,13+/m1/s1. The van der Waals surface area contributed by atoms with Gasteiger partial charge in [-0.3, -0.25) is 9.59 Å². The first-order valence-corrected chi connectivity index (χ1v) is 7.91. The van der Waals surface area contributed by atoms with E-state index in [-0.39, 0.29) is 23.9 Å². The molecular formula is C17H25NO6. The summed E-state index contributed by atoms with van der Waals surface area (Å²) in [5, 5.41) is 18.7. The number of phenols is 2. The van der Waals surface area contributed by atoms with E-state index >= 15 is 0 Å². The van der Waals surface area contributed by atoms with Gasteiger partial charge in [-0.1, -0.05) is 13.0 Å². The summed E-state index contributed by atoms with van der Waals surface area (Å²) in [5.41, 5.74) is 6.40. The van der Waals surface area contributed by atoms with Gasteiger partial charge in [-0.2, -0.15) is 0 Å². The molecule has 0 radical (unpaired) electrons. The Morgan fingerprint density at radius 2 is 1.75 bits per heavy atom. The maximum atomic E-state index is 12.0. The molecule has 4 N–H and O–H groups in total. The zero-order chi connectivity index (χ0) is 18.3. The number of rotatable bonds is 8. The summed E-state index contributed by atoms with van der Waals surface area (Å²) < 4.78 is 10.4. The van der Waals surface area contributed by atoms with Gasteiger partial charge >= 0.3 is 11.9 Å². The van der Waals surface area contributed by atoms with Crippen molar-refractivity contribution < 1.29 is 29.3 Å². The van der Waals surface area contributed by atoms with E-state index in [1.165, 1.54) is 12.1 Å². The van der Waals surface area contributed by atoms with Crippen LogP contribution in [0.4, 0.5) is 0 Å². The van der Waals surface area contributed by atoms with E-state index in [0.717, 1.165) is 0 Å². The summed E-state index contributed by atoms with van der Waals surface area (Å²) in [6.07, 6.45) is -0.0574. The van der Waals surface area contributed by atoms with Crippen LogP contribution >= 0.6 is 0 Å². The first-order chi connectivity index (χ1) is 11.2. The third kappa shape index (κ3) is 6.08. The Hall–Kier alpha value is -2.28. The average molecular weight is 339 g/mol. The van der Waals surface area contributed by atoms with Gasteiger partial charge in [0.25, 0.3) is 0 Å². The highest BCUT2D eigenvalue weighted by molar-refractivity contribution is 5.76. The average Bonchev–Trinajstić information content (AvgIpc) is 2.50. The smallest absolute Gasteiger partial charge is 0.323 e. The number of benzene rings is 1. The largest absolute Gasteiger partial charge is 0.504 e. The molecule has 0 aliphatic carbocycles. The van der Waals surface area contributed by atoms with Crippen LogP contribution in [0.15, 0.2) is 18.2 Å². The van der Waals surface area contributed by atoms with E-state index in [1.54, 1.807) is 19.9 Å². The van der Waals surface area contributed by atoms with Gasteiger partial charge in [0.2, 0.25) is 0 Å². The van der Waals surface area contributed by atoms with Gasteiger partial charge in [0.1, 0.15) is 18.2 Å². The second kappa shape index (κ2) is 9.12. The van der Waals surface area contributed by atoms with E-state index in [4.69, 9.17) is 15.2 Å². The number of ether oxygens (including phenoxy) is 2. The molecule has 7 heteroatoms. The third-order valence-corrected chi connectivity index (χ3v) is 3.53. The topological polar surface area (TPSA) is 119 Å². The Labute approximate surface area is 141 Å². The lowest BCUT2D eigenvalue weighted by molar-refractivity contribution is -0.166. The fourth-order valence-corrected chi connectivity index (χ4v) is 1.97. The Morgan fingerprint density at radius 1 is 1.12 bits per heavy atom. The van der Waals surface area contributed by atoms with E-state index in [0.29, 0.717) is 18.4 Å². The highest BCUT2D eigenvalue weighted by Gasteiger charge is 2.24. The molecular weight excluding hydrogens is 314 g/mol. The molecule has 0 bridgehead atoms. The van der Waals surface area contributed by atoms with Crippen molar-refractivity contribution in [3.05, 3.63) is 23.8 Å². The van der Waals surface area contributed by atoms with Crippen molar-refractivity contribution in [3.63, 3.8) is 0 Å². The van der Waals surface area contributed by atoms with Gasteiger partial charge < -0.3 is 25.4 Å². The summed E-state index contributed by atoms with van der Waals surface area (Å²) in [7, 11) is 0. The number of esters is 2. The fraction of sp³-hybridized carbons (Fsp3) is 0.529. The molecule has 0 aliphatic heterocycles. The van der Waals surface area contributed by atoms with Crippen LogP contribution in [-0.2, 0) is 25.5 Å². The Morgan fingerprint density at radius 3 is 2.33 bits per heavy atom. The van der Waals surface area contributed by atoms with Gasteiger partial charge in [-0.25, -0.2) is 0 Å². The summed E-state index contributed by atoms with van der Waals surface area (Å²) in [6.45, 7) is 5.14. The number of nitrogens with two attached hydrogens (primary N) is 1. The van der Waals surface area contributed by atoms with Gasteiger partial charge in [0, 0.05) is 6.42 Å². The monoisotopic (exact) mass is 339 g/mol. The molecule has 0 unspecified atom stereocenters. The maximum absolute atomic E-state index is 12.0. The molecule has 0 aromatic heterocycles. The number of aromatic hydroxyl groups is 2. The lowest BCUT2D eigenvalue weighted by atomic mass is 10.1. The summed E-state index contributed by atoms with van der Waals surface area (Å²) >= 11 is 0. The Bertz CT molecular complexity index is 574. The van der Waals surface area contributed by atoms with Crippen LogP contribution in [-0.4, -0.2) is 40.4 Å². The van der Waals surface area contributed by atoms with Crippen molar-refractivity contribution in [2.24, 2.45) is 5.73 Å². The first kappa shape index (κ1) is 19.8. The zero-order valence-electron chi connectivity index (χ0n) is 14.2. The lowest BCUT2D eigenvalue weighted by Gasteiger charge is -2.22. The van der Waals surface area contributed by atoms with Crippen LogP contribution in [0.25, 0.3) is 0 Å². The van der Waals surface area contributed by atoms with Crippen LogP contribution in [0.3, 0.4) is 0 Å². The second-order valence-electron chi connectivity index (χ2n) is 5.72. The predicted octanol–water partition coefficient (Wildman–Crippen LogP) is 1.63. The van der Waals surface area contributed by atoms with E-state index in [2.05, 4.69) is 0 Å². The SMILES string of the molecule is CCCC(=O)O[C@H](C)[C@H](C)OC(=O)[C@@H](N)Cc1ccc(O)c(O)c1. The number of hydrogen-bond donors (Lipinski definition) is 3. The van der Waals surface area contributed by atoms with Crippen LogP contribution in [0.1, 0.15) is 39.2 Å². The van der Waals surface area contributed by atoms with Crippen LogP contribution < -0.4 is 5.73 Å². The molecule has 1 aromatic rings. The van der Waals surface area contributed by atoms with Crippen molar-refractivity contribution in [2.75, 3.05) is 0 Å². The molecule has 0 saturated carbocycles. The Balaban J connectivity index is 2.53. The van der Waals surface area contributed by atoms with Crippen molar-refractivity contribution in [1.82, 2.24) is 0 Å². The normalized spacial score (nSPS) is 14.5. The molecule has 134 valence electrons. The molecule has 3 atom stereocenters. The van der Waals surface area contributed by atoms with Crippen LogP contribution in [0, 0.1) is 0 Å². The number of carbonyl (C=O) groups excluding carboxylic acids is 2. The van der Waals surface area contributed by atoms with E-state index < -0.39 is 24.2 Å². The number of hydrogen-bond acceptors (Lipinski definition) is 7. The minimum absolute atomic E-state index is 0.142. The maximum Gasteiger partial charge on any atom is 0.323 e. The molecule has 0 amide bonds. The molecule has 1 aromatic carbocycles. The predicted molar refractivity (Wildman–Crippen MR) is 87.5 cm³/mol. The van der Waals surface area contributed by atoms with Crippen LogP contribution in [0.5, 0.6) is 11.5 Å². The minimum Gasteiger partial charge on any atom is -0.504 e. The van der Waals surface area contributed by atoms with Crippen molar-refractivity contribution >= 4 is 11.9 Å². The molecule has 1 rings (SSSR count). The highest BCUT2D eigenvalue weighted by Crippen LogP contribution is 2.25. The summed E-state index contributed by atoms with van der Waals surface area (Å²) in [6, 6.07) is 3.28. The zero-order valence-corrected chi connectivity index (χ0v) is 14.2. The van der Waals surface area contributed by atoms with Gasteiger partial charge in [0.15, 0.2) is 11.5 Å². The third-order valence-electron chi connectivity index (χ3n) is 3.53. The first-order valence-electron chi connectivity index (χ1n) is 7.91. The molecule has 7 nitrogen and oxygen atoms in total. The molecule has 0 aliphatic rings. The molecule has 0 spiro atoms. The number of carbonyl (C=O) groups is 2. The quantitative estimate of drug-likeness (QED) is 0.486. The van der Waals surface area contributed by atoms with E-state index in [9.17, 15) is 19.8 Å². The second-order valence-corrected chi connectivity index (χ2v) is 5.72. The molecule has 0 saturated heterocycles. The summed E-state index contributed by atoms with van der Waals surface area (Å²) in [5.74, 6) is -1.49. The Kier molecular flexibility index (Phi) is 7.51. The van der Waals surface area contributed by atoms with Gasteiger partial charge in [-0.05, 0) is 44.4 Å². The van der Waals surface area contributed by atoms with E-state index in [1.807, 2.05) is 6.92 Å². The molecule has 0 heterocycles. The molecule has 24 heavy (non-hydrogen) atoms. The highest BCUT2D eigenvalue weighted by atomic mass is 16.6. The van der Waals surface area contributed by atoms with Crippen molar-refractivity contribution in [2.45, 2.75) is 58.3 Å². The molecule has 0 fully saturated rings. The summed E-state index contributed by atoms with van der Waals surface area (Å²) in [4.78, 5) is 23.5. The fourth-order valence-electron chi connectivity index (χ4n) is 1.97. The van der Waals surface area contributed by atoms with Crippen LogP contribution in [0.2, 0.25) is 0 Å². The van der Waals surface area contributed by atoms with Crippen molar-refractivity contribution in [3.8, 4) is 11.5 Å².